The molecule has 1 fully saturated rings. The predicted octanol–water partition coefficient (Wildman–Crippen LogP) is 1.07. The number of fused-ring (bicyclic) bond motifs is 2. The zero-order valence-electron chi connectivity index (χ0n) is 8.55. The summed E-state index contributed by atoms with van der Waals surface area (Å²) in [6, 6.07) is 0. The van der Waals surface area contributed by atoms with E-state index in [0.717, 1.165) is 12.8 Å². The number of carbonyl (C=O) groups excluding carboxylic acids is 1. The standard InChI is InChI=1S/C11H14O4/c1-15-11(14)9-7-4-2-6(3-5-7)8(9)10(12)13/h2,4,6-9H,3,5H2,1H3,(H,12,13)/t6?,7?,8-,9+/m0/s1. The van der Waals surface area contributed by atoms with E-state index in [1.165, 1.54) is 7.11 Å². The molecule has 0 heterocycles. The number of allylic oxidation sites excluding steroid dienone is 2. The Kier molecular flexibility index (Phi) is 2.50. The first kappa shape index (κ1) is 10.2. The Hall–Kier alpha value is -1.32. The molecule has 3 aliphatic rings. The molecule has 3 rings (SSSR count). The minimum Gasteiger partial charge on any atom is -0.481 e. The van der Waals surface area contributed by atoms with Crippen LogP contribution in [0.5, 0.6) is 0 Å². The number of rotatable bonds is 2. The van der Waals surface area contributed by atoms with E-state index in [-0.39, 0.29) is 17.8 Å². The summed E-state index contributed by atoms with van der Waals surface area (Å²) >= 11 is 0. The van der Waals surface area contributed by atoms with Gasteiger partial charge in [0.15, 0.2) is 0 Å². The van der Waals surface area contributed by atoms with E-state index >= 15 is 0 Å². The van der Waals surface area contributed by atoms with E-state index in [0.29, 0.717) is 0 Å². The number of methoxy groups -OCH3 is 1. The average molecular weight is 210 g/mol. The zero-order chi connectivity index (χ0) is 11.0. The van der Waals surface area contributed by atoms with Gasteiger partial charge in [0, 0.05) is 0 Å². The van der Waals surface area contributed by atoms with Gasteiger partial charge >= 0.3 is 11.9 Å². The van der Waals surface area contributed by atoms with Gasteiger partial charge in [-0.3, -0.25) is 9.59 Å². The first-order valence-corrected chi connectivity index (χ1v) is 5.14. The van der Waals surface area contributed by atoms with Gasteiger partial charge in [-0.25, -0.2) is 0 Å². The van der Waals surface area contributed by atoms with Crippen LogP contribution < -0.4 is 0 Å². The third kappa shape index (κ3) is 1.54. The lowest BCUT2D eigenvalue weighted by Crippen LogP contribution is -2.45. The maximum absolute atomic E-state index is 11.6. The third-order valence-corrected chi connectivity index (χ3v) is 3.51. The van der Waals surface area contributed by atoms with Gasteiger partial charge in [-0.2, -0.15) is 0 Å². The minimum absolute atomic E-state index is 0.00315. The Balaban J connectivity index is 2.30. The van der Waals surface area contributed by atoms with Crippen molar-refractivity contribution in [2.45, 2.75) is 12.8 Å². The summed E-state index contributed by atoms with van der Waals surface area (Å²) in [5.41, 5.74) is 0. The Morgan fingerprint density at radius 2 is 1.73 bits per heavy atom. The molecule has 4 heteroatoms. The van der Waals surface area contributed by atoms with Crippen LogP contribution in [0.15, 0.2) is 12.2 Å². The first-order valence-electron chi connectivity index (χ1n) is 5.14. The quantitative estimate of drug-likeness (QED) is 0.547. The van der Waals surface area contributed by atoms with Crippen molar-refractivity contribution in [3.05, 3.63) is 12.2 Å². The van der Waals surface area contributed by atoms with Crippen molar-refractivity contribution in [1.82, 2.24) is 0 Å². The fourth-order valence-electron chi connectivity index (χ4n) is 2.79. The van der Waals surface area contributed by atoms with Crippen LogP contribution in [0.25, 0.3) is 0 Å². The summed E-state index contributed by atoms with van der Waals surface area (Å²) in [6.07, 6.45) is 5.66. The van der Waals surface area contributed by atoms with Crippen LogP contribution in [0.2, 0.25) is 0 Å². The normalized spacial score (nSPS) is 37.7. The van der Waals surface area contributed by atoms with E-state index < -0.39 is 17.8 Å². The van der Waals surface area contributed by atoms with Crippen LogP contribution in [0, 0.1) is 23.7 Å². The van der Waals surface area contributed by atoms with Crippen molar-refractivity contribution < 1.29 is 19.4 Å². The number of hydrogen-bond acceptors (Lipinski definition) is 3. The van der Waals surface area contributed by atoms with Crippen molar-refractivity contribution in [3.63, 3.8) is 0 Å². The van der Waals surface area contributed by atoms with E-state index in [2.05, 4.69) is 4.74 Å². The second-order valence-corrected chi connectivity index (χ2v) is 4.20. The molecule has 15 heavy (non-hydrogen) atoms. The molecular weight excluding hydrogens is 196 g/mol. The summed E-state index contributed by atoms with van der Waals surface area (Å²) in [5.74, 6) is -2.32. The van der Waals surface area contributed by atoms with Gasteiger partial charge in [-0.1, -0.05) is 12.2 Å². The summed E-state index contributed by atoms with van der Waals surface area (Å²) in [4.78, 5) is 22.7. The molecule has 0 radical (unpaired) electrons. The Bertz CT molecular complexity index is 321. The van der Waals surface area contributed by atoms with Gasteiger partial charge in [0.2, 0.25) is 0 Å². The molecule has 0 amide bonds. The van der Waals surface area contributed by atoms with Crippen molar-refractivity contribution in [1.29, 1.82) is 0 Å². The van der Waals surface area contributed by atoms with Gasteiger partial charge in [0.1, 0.15) is 0 Å². The van der Waals surface area contributed by atoms with Crippen LogP contribution in [0.1, 0.15) is 12.8 Å². The summed E-state index contributed by atoms with van der Waals surface area (Å²) in [5, 5.41) is 9.13. The van der Waals surface area contributed by atoms with Gasteiger partial charge in [-0.05, 0) is 24.7 Å². The Morgan fingerprint density at radius 1 is 1.20 bits per heavy atom. The smallest absolute Gasteiger partial charge is 0.310 e. The second kappa shape index (κ2) is 3.68. The molecule has 1 saturated carbocycles. The minimum atomic E-state index is -0.885. The van der Waals surface area contributed by atoms with E-state index in [9.17, 15) is 9.59 Å². The maximum atomic E-state index is 11.6. The van der Waals surface area contributed by atoms with E-state index in [1.54, 1.807) is 0 Å². The van der Waals surface area contributed by atoms with Gasteiger partial charge in [0.05, 0.1) is 18.9 Å². The van der Waals surface area contributed by atoms with Crippen LogP contribution in [0.3, 0.4) is 0 Å². The van der Waals surface area contributed by atoms with Crippen LogP contribution >= 0.6 is 0 Å². The number of hydrogen-bond donors (Lipinski definition) is 1. The van der Waals surface area contributed by atoms with Gasteiger partial charge < -0.3 is 9.84 Å². The lowest BCUT2D eigenvalue weighted by molar-refractivity contribution is -0.162. The number of aliphatic carboxylic acids is 1. The predicted molar refractivity (Wildman–Crippen MR) is 52.0 cm³/mol. The highest BCUT2D eigenvalue weighted by atomic mass is 16.5. The molecular formula is C11H14O4. The molecule has 3 aliphatic carbocycles. The highest BCUT2D eigenvalue weighted by Crippen LogP contribution is 2.45. The molecule has 4 nitrogen and oxygen atoms in total. The lowest BCUT2D eigenvalue weighted by Gasteiger charge is -2.41. The number of carboxylic acids is 1. The Morgan fingerprint density at radius 3 is 2.13 bits per heavy atom. The molecule has 0 aromatic carbocycles. The fraction of sp³-hybridized carbons (Fsp3) is 0.636. The van der Waals surface area contributed by atoms with E-state index in [4.69, 9.17) is 5.11 Å². The number of carboxylic acid groups (broad SMARTS) is 1. The highest BCUT2D eigenvalue weighted by molar-refractivity contribution is 5.82. The van der Waals surface area contributed by atoms with Crippen molar-refractivity contribution in [2.75, 3.05) is 7.11 Å². The van der Waals surface area contributed by atoms with Gasteiger partial charge in [-0.15, -0.1) is 0 Å². The summed E-state index contributed by atoms with van der Waals surface area (Å²) in [7, 11) is 1.31. The largest absolute Gasteiger partial charge is 0.481 e. The summed E-state index contributed by atoms with van der Waals surface area (Å²) < 4.78 is 4.69. The molecule has 2 bridgehead atoms. The van der Waals surface area contributed by atoms with Crippen LogP contribution in [-0.2, 0) is 14.3 Å². The maximum Gasteiger partial charge on any atom is 0.310 e. The molecule has 2 unspecified atom stereocenters. The first-order chi connectivity index (χ1) is 7.15. The van der Waals surface area contributed by atoms with Crippen LogP contribution in [-0.4, -0.2) is 24.2 Å². The summed E-state index contributed by atoms with van der Waals surface area (Å²) in [6.45, 7) is 0. The van der Waals surface area contributed by atoms with Crippen molar-refractivity contribution >= 4 is 11.9 Å². The third-order valence-electron chi connectivity index (χ3n) is 3.51. The molecule has 0 saturated heterocycles. The van der Waals surface area contributed by atoms with Crippen LogP contribution in [0.4, 0.5) is 0 Å². The lowest BCUT2D eigenvalue weighted by atomic mass is 9.62. The molecule has 1 N–H and O–H groups in total. The zero-order valence-corrected chi connectivity index (χ0v) is 8.55. The fourth-order valence-corrected chi connectivity index (χ4v) is 2.79. The number of carbonyl (C=O) groups is 2. The molecule has 0 spiro atoms. The van der Waals surface area contributed by atoms with Crippen molar-refractivity contribution in [2.24, 2.45) is 23.7 Å². The SMILES string of the molecule is COC(=O)[C@@H]1C2C=CC(CC2)[C@@H]1C(=O)O. The van der Waals surface area contributed by atoms with E-state index in [1.807, 2.05) is 12.2 Å². The number of esters is 1. The highest BCUT2D eigenvalue weighted by Gasteiger charge is 2.48. The molecule has 0 aliphatic heterocycles. The molecule has 0 aromatic heterocycles. The van der Waals surface area contributed by atoms with Gasteiger partial charge in [0.25, 0.3) is 0 Å². The number of ether oxygens (including phenoxy) is 1. The monoisotopic (exact) mass is 210 g/mol. The molecule has 82 valence electrons. The molecule has 0 aromatic rings. The average Bonchev–Trinajstić information content (AvgIpc) is 2.28. The van der Waals surface area contributed by atoms with Crippen molar-refractivity contribution in [3.8, 4) is 0 Å². The Labute approximate surface area is 87.9 Å². The second-order valence-electron chi connectivity index (χ2n) is 4.20. The molecule has 4 atom stereocenters. The topological polar surface area (TPSA) is 63.6 Å².